The van der Waals surface area contributed by atoms with Gasteiger partial charge in [-0.1, -0.05) is 23.3 Å². The molecule has 0 spiro atoms. The van der Waals surface area contributed by atoms with Gasteiger partial charge >= 0.3 is 0 Å². The van der Waals surface area contributed by atoms with Crippen LogP contribution in [0.15, 0.2) is 61.2 Å². The summed E-state index contributed by atoms with van der Waals surface area (Å²) < 4.78 is 2.40. The molecule has 0 aliphatic rings. The maximum atomic E-state index is 3.44. The number of aromatic nitrogens is 3. The number of benzene rings is 2. The smallest absolute Gasteiger partial charge is 0.0486 e. The van der Waals surface area contributed by atoms with Crippen LogP contribution < -0.4 is 5.32 Å². The Kier molecular flexibility index (Phi) is 4.72. The summed E-state index contributed by atoms with van der Waals surface area (Å²) >= 11 is 0. The van der Waals surface area contributed by atoms with Gasteiger partial charge in [0.25, 0.3) is 0 Å². The van der Waals surface area contributed by atoms with Crippen molar-refractivity contribution in [3.05, 3.63) is 72.3 Å². The highest BCUT2D eigenvalue weighted by atomic mass is 15.0. The number of H-pyrrole nitrogens is 2. The van der Waals surface area contributed by atoms with Crippen molar-refractivity contribution in [2.24, 2.45) is 0 Å². The highest BCUT2D eigenvalue weighted by Crippen LogP contribution is 2.40. The molecule has 4 nitrogen and oxygen atoms in total. The average molecular weight is 397 g/mol. The Hall–Kier alpha value is -3.24. The zero-order valence-corrected chi connectivity index (χ0v) is 17.8. The standard InChI is InChI=1S/C26H28N4/c1-17-5-7-25-19(11-17)23(15-29-25)21-13-28-14-22(21)24-16-30(10-4-9-27-3)26-8-6-18(2)12-20(24)26/h5-8,11-16,27-29H,4,9-10H2,1-3H3. The Bertz CT molecular complexity index is 1330. The summed E-state index contributed by atoms with van der Waals surface area (Å²) in [6, 6.07) is 13.4. The molecule has 152 valence electrons. The van der Waals surface area contributed by atoms with E-state index in [1.165, 1.54) is 55.2 Å². The summed E-state index contributed by atoms with van der Waals surface area (Å²) in [5.74, 6) is 0. The van der Waals surface area contributed by atoms with Crippen molar-refractivity contribution in [2.75, 3.05) is 13.6 Å². The van der Waals surface area contributed by atoms with Crippen LogP contribution in [-0.4, -0.2) is 28.1 Å². The number of hydrogen-bond acceptors (Lipinski definition) is 1. The predicted molar refractivity (Wildman–Crippen MR) is 127 cm³/mol. The SMILES string of the molecule is CNCCCn1cc(-c2c[nH]cc2-c2c[nH]c3ccc(C)cc23)c2cc(C)ccc21. The topological polar surface area (TPSA) is 48.5 Å². The van der Waals surface area contributed by atoms with Crippen LogP contribution in [0.25, 0.3) is 44.1 Å². The van der Waals surface area contributed by atoms with Crippen LogP contribution in [0.5, 0.6) is 0 Å². The molecule has 0 unspecified atom stereocenters. The van der Waals surface area contributed by atoms with Crippen LogP contribution in [-0.2, 0) is 6.54 Å². The Morgan fingerprint density at radius 3 is 2.37 bits per heavy atom. The normalized spacial score (nSPS) is 11.7. The van der Waals surface area contributed by atoms with Gasteiger partial charge in [0.05, 0.1) is 0 Å². The Morgan fingerprint density at radius 2 is 1.57 bits per heavy atom. The first-order valence-electron chi connectivity index (χ1n) is 10.6. The molecule has 0 saturated carbocycles. The molecule has 3 aromatic heterocycles. The molecule has 0 fully saturated rings. The fourth-order valence-electron chi connectivity index (χ4n) is 4.50. The molecule has 0 amide bonds. The van der Waals surface area contributed by atoms with Gasteiger partial charge in [-0.2, -0.15) is 0 Å². The molecule has 3 heterocycles. The van der Waals surface area contributed by atoms with Crippen LogP contribution in [0.1, 0.15) is 17.5 Å². The van der Waals surface area contributed by atoms with Crippen molar-refractivity contribution in [1.82, 2.24) is 19.9 Å². The monoisotopic (exact) mass is 396 g/mol. The first-order chi connectivity index (χ1) is 14.7. The zero-order chi connectivity index (χ0) is 20.7. The Morgan fingerprint density at radius 1 is 0.833 bits per heavy atom. The molecular weight excluding hydrogens is 368 g/mol. The van der Waals surface area contributed by atoms with Crippen molar-refractivity contribution in [3.8, 4) is 22.3 Å². The van der Waals surface area contributed by atoms with E-state index in [2.05, 4.69) is 94.9 Å². The third-order valence-corrected chi connectivity index (χ3v) is 6.03. The van der Waals surface area contributed by atoms with E-state index < -0.39 is 0 Å². The van der Waals surface area contributed by atoms with Gasteiger partial charge in [-0.15, -0.1) is 0 Å². The van der Waals surface area contributed by atoms with Crippen molar-refractivity contribution >= 4 is 21.8 Å². The van der Waals surface area contributed by atoms with Gasteiger partial charge in [0.2, 0.25) is 0 Å². The first kappa shape index (κ1) is 18.8. The lowest BCUT2D eigenvalue weighted by molar-refractivity contribution is 0.627. The Balaban J connectivity index is 1.68. The van der Waals surface area contributed by atoms with E-state index in [-0.39, 0.29) is 0 Å². The molecule has 0 aliphatic carbocycles. The fraction of sp³-hybridized carbons (Fsp3) is 0.231. The van der Waals surface area contributed by atoms with Crippen LogP contribution in [0.2, 0.25) is 0 Å². The number of fused-ring (bicyclic) bond motifs is 2. The molecule has 0 atom stereocenters. The van der Waals surface area contributed by atoms with E-state index in [0.717, 1.165) is 19.5 Å². The highest BCUT2D eigenvalue weighted by Gasteiger charge is 2.17. The number of nitrogens with one attached hydrogen (secondary N) is 3. The van der Waals surface area contributed by atoms with E-state index in [9.17, 15) is 0 Å². The van der Waals surface area contributed by atoms with Crippen LogP contribution in [0, 0.1) is 13.8 Å². The average Bonchev–Trinajstić information content (AvgIpc) is 3.44. The zero-order valence-electron chi connectivity index (χ0n) is 17.8. The minimum atomic E-state index is 1.01. The number of nitrogens with zero attached hydrogens (tertiary/aromatic N) is 1. The predicted octanol–water partition coefficient (Wildman–Crippen LogP) is 6.01. The van der Waals surface area contributed by atoms with Crippen LogP contribution >= 0.6 is 0 Å². The molecule has 5 rings (SSSR count). The fourth-order valence-corrected chi connectivity index (χ4v) is 4.50. The second kappa shape index (κ2) is 7.54. The quantitative estimate of drug-likeness (QED) is 0.302. The molecule has 3 N–H and O–H groups in total. The maximum absolute atomic E-state index is 3.44. The summed E-state index contributed by atoms with van der Waals surface area (Å²) in [7, 11) is 2.01. The van der Waals surface area contributed by atoms with Crippen molar-refractivity contribution in [3.63, 3.8) is 0 Å². The number of hydrogen-bond donors (Lipinski definition) is 3. The molecule has 0 aliphatic heterocycles. The molecule has 2 aromatic carbocycles. The third kappa shape index (κ3) is 3.14. The lowest BCUT2D eigenvalue weighted by Crippen LogP contribution is -2.10. The van der Waals surface area contributed by atoms with Crippen molar-refractivity contribution in [2.45, 2.75) is 26.8 Å². The van der Waals surface area contributed by atoms with Gasteiger partial charge in [0.15, 0.2) is 0 Å². The first-order valence-corrected chi connectivity index (χ1v) is 10.6. The van der Waals surface area contributed by atoms with Gasteiger partial charge < -0.3 is 19.9 Å². The molecule has 5 aromatic rings. The van der Waals surface area contributed by atoms with E-state index in [1.54, 1.807) is 0 Å². The van der Waals surface area contributed by atoms with Crippen LogP contribution in [0.4, 0.5) is 0 Å². The highest BCUT2D eigenvalue weighted by molar-refractivity contribution is 6.04. The van der Waals surface area contributed by atoms with E-state index in [0.29, 0.717) is 0 Å². The summed E-state index contributed by atoms with van der Waals surface area (Å²) in [5.41, 5.74) is 10.1. The summed E-state index contributed by atoms with van der Waals surface area (Å²) in [5, 5.41) is 5.84. The largest absolute Gasteiger partial charge is 0.366 e. The lowest BCUT2D eigenvalue weighted by Gasteiger charge is -2.05. The van der Waals surface area contributed by atoms with E-state index >= 15 is 0 Å². The Labute approximate surface area is 176 Å². The van der Waals surface area contributed by atoms with Gasteiger partial charge in [0, 0.05) is 75.4 Å². The maximum Gasteiger partial charge on any atom is 0.0486 e. The van der Waals surface area contributed by atoms with Crippen molar-refractivity contribution < 1.29 is 0 Å². The molecule has 30 heavy (non-hydrogen) atoms. The molecular formula is C26H28N4. The van der Waals surface area contributed by atoms with Gasteiger partial charge in [-0.25, -0.2) is 0 Å². The summed E-state index contributed by atoms with van der Waals surface area (Å²) in [6.45, 7) is 6.34. The van der Waals surface area contributed by atoms with E-state index in [4.69, 9.17) is 0 Å². The van der Waals surface area contributed by atoms with Gasteiger partial charge in [-0.3, -0.25) is 0 Å². The summed E-state index contributed by atoms with van der Waals surface area (Å²) in [4.78, 5) is 6.81. The molecule has 4 heteroatoms. The van der Waals surface area contributed by atoms with E-state index in [1.807, 2.05) is 7.05 Å². The number of aromatic amines is 2. The second-order valence-corrected chi connectivity index (χ2v) is 8.25. The number of rotatable bonds is 6. The lowest BCUT2D eigenvalue weighted by atomic mass is 9.97. The summed E-state index contributed by atoms with van der Waals surface area (Å²) in [6.07, 6.45) is 9.83. The molecule has 0 radical (unpaired) electrons. The third-order valence-electron chi connectivity index (χ3n) is 6.03. The second-order valence-electron chi connectivity index (χ2n) is 8.25. The van der Waals surface area contributed by atoms with Gasteiger partial charge in [0.1, 0.15) is 0 Å². The van der Waals surface area contributed by atoms with Crippen molar-refractivity contribution in [1.29, 1.82) is 0 Å². The molecule has 0 bridgehead atoms. The van der Waals surface area contributed by atoms with Gasteiger partial charge in [-0.05, 0) is 58.1 Å². The minimum Gasteiger partial charge on any atom is -0.366 e. The number of aryl methyl sites for hydroxylation is 3. The van der Waals surface area contributed by atoms with Crippen LogP contribution in [0.3, 0.4) is 0 Å². The minimum absolute atomic E-state index is 1.01. The molecule has 0 saturated heterocycles.